The first-order chi connectivity index (χ1) is 14.1. The SMILES string of the molecule is CC[C@@H](c1ccc2nc[nH]c2c1)C1(N)N=CC(F)=C(Nc2cc(C3CC3)[nH]n2)N1. The van der Waals surface area contributed by atoms with E-state index in [2.05, 4.69) is 35.8 Å². The van der Waals surface area contributed by atoms with E-state index >= 15 is 0 Å². The molecule has 2 aliphatic rings. The van der Waals surface area contributed by atoms with E-state index in [1.165, 1.54) is 6.21 Å². The second kappa shape index (κ2) is 6.70. The minimum atomic E-state index is -1.20. The van der Waals surface area contributed by atoms with Gasteiger partial charge in [0, 0.05) is 23.6 Å². The molecule has 3 heterocycles. The van der Waals surface area contributed by atoms with Crippen molar-refractivity contribution in [2.45, 2.75) is 43.8 Å². The summed E-state index contributed by atoms with van der Waals surface area (Å²) in [4.78, 5) is 11.7. The Morgan fingerprint density at radius 1 is 1.34 bits per heavy atom. The van der Waals surface area contributed by atoms with Crippen molar-refractivity contribution in [1.29, 1.82) is 0 Å². The quantitative estimate of drug-likeness (QED) is 0.440. The number of aliphatic imine (C=N–C) groups is 1. The molecule has 0 saturated heterocycles. The second-order valence-electron chi connectivity index (χ2n) is 7.68. The molecule has 2 atom stereocenters. The number of nitrogens with zero attached hydrogens (tertiary/aromatic N) is 3. The zero-order chi connectivity index (χ0) is 20.0. The van der Waals surface area contributed by atoms with E-state index in [4.69, 9.17) is 5.73 Å². The molecule has 6 N–H and O–H groups in total. The van der Waals surface area contributed by atoms with Crippen molar-refractivity contribution in [3.8, 4) is 0 Å². The van der Waals surface area contributed by atoms with Crippen molar-refractivity contribution in [2.24, 2.45) is 10.7 Å². The number of allylic oxidation sites excluding steroid dienone is 1. The Balaban J connectivity index is 1.40. The smallest absolute Gasteiger partial charge is 0.190 e. The summed E-state index contributed by atoms with van der Waals surface area (Å²) in [6, 6.07) is 7.85. The average Bonchev–Trinajstić information content (AvgIpc) is 3.27. The van der Waals surface area contributed by atoms with Gasteiger partial charge in [-0.25, -0.2) is 14.4 Å². The number of H-pyrrole nitrogens is 2. The van der Waals surface area contributed by atoms with Crippen LogP contribution in [0.5, 0.6) is 0 Å². The van der Waals surface area contributed by atoms with Crippen LogP contribution in [0.3, 0.4) is 0 Å². The fraction of sp³-hybridized carbons (Fsp3) is 0.350. The molecule has 1 aliphatic carbocycles. The van der Waals surface area contributed by atoms with Crippen LogP contribution >= 0.6 is 0 Å². The number of hydrogen-bond donors (Lipinski definition) is 5. The zero-order valence-electron chi connectivity index (χ0n) is 16.0. The van der Waals surface area contributed by atoms with Gasteiger partial charge in [0.25, 0.3) is 0 Å². The minimum Gasteiger partial charge on any atom is -0.345 e. The van der Waals surface area contributed by atoms with Gasteiger partial charge in [0.2, 0.25) is 0 Å². The summed E-state index contributed by atoms with van der Waals surface area (Å²) in [5.41, 5.74) is 10.5. The molecule has 0 amide bonds. The number of anilines is 1. The molecule has 29 heavy (non-hydrogen) atoms. The summed E-state index contributed by atoms with van der Waals surface area (Å²) in [6.45, 7) is 2.03. The number of halogens is 1. The van der Waals surface area contributed by atoms with E-state index in [-0.39, 0.29) is 11.7 Å². The number of rotatable bonds is 6. The molecular formula is C20H23FN8. The van der Waals surface area contributed by atoms with Crippen LogP contribution in [0.2, 0.25) is 0 Å². The van der Waals surface area contributed by atoms with Gasteiger partial charge in [-0.2, -0.15) is 5.10 Å². The number of hydrogen-bond acceptors (Lipinski definition) is 6. The number of nitrogens with two attached hydrogens (primary N) is 1. The van der Waals surface area contributed by atoms with Crippen molar-refractivity contribution in [3.63, 3.8) is 0 Å². The number of aromatic amines is 2. The molecule has 1 fully saturated rings. The van der Waals surface area contributed by atoms with Gasteiger partial charge in [-0.3, -0.25) is 10.8 Å². The van der Waals surface area contributed by atoms with Crippen molar-refractivity contribution in [1.82, 2.24) is 25.5 Å². The Bertz CT molecular complexity index is 1110. The lowest BCUT2D eigenvalue weighted by Crippen LogP contribution is -2.58. The standard InChI is InChI=1S/C20H23FN8/c1-2-13(12-5-6-15-17(7-12)24-10-23-15)20(22)25-9-14(21)19(27-20)26-18-8-16(28-29-18)11-3-4-11/h5-11,13,27H,2-4,22H2,1H3,(H,23,24)(H2,26,28,29)/t13-,20?/m0/s1. The monoisotopic (exact) mass is 394 g/mol. The maximum Gasteiger partial charge on any atom is 0.190 e. The van der Waals surface area contributed by atoms with Crippen molar-refractivity contribution < 1.29 is 4.39 Å². The van der Waals surface area contributed by atoms with Gasteiger partial charge >= 0.3 is 0 Å². The van der Waals surface area contributed by atoms with Crippen molar-refractivity contribution >= 4 is 23.1 Å². The third-order valence-electron chi connectivity index (χ3n) is 5.61. The minimum absolute atomic E-state index is 0.164. The predicted octanol–water partition coefficient (Wildman–Crippen LogP) is 3.19. The van der Waals surface area contributed by atoms with Crippen molar-refractivity contribution in [2.75, 3.05) is 5.32 Å². The highest BCUT2D eigenvalue weighted by Crippen LogP contribution is 2.39. The molecule has 5 rings (SSSR count). The number of nitrogens with one attached hydrogen (secondary N) is 4. The molecule has 3 aromatic rings. The van der Waals surface area contributed by atoms with E-state index in [9.17, 15) is 4.39 Å². The summed E-state index contributed by atoms with van der Waals surface area (Å²) >= 11 is 0. The van der Waals surface area contributed by atoms with Gasteiger partial charge in [0.1, 0.15) is 5.82 Å². The highest BCUT2D eigenvalue weighted by Gasteiger charge is 2.38. The van der Waals surface area contributed by atoms with Gasteiger partial charge in [0.15, 0.2) is 17.4 Å². The van der Waals surface area contributed by atoms with Gasteiger partial charge in [-0.15, -0.1) is 0 Å². The van der Waals surface area contributed by atoms with Crippen LogP contribution in [0.15, 0.2) is 47.2 Å². The zero-order valence-corrected chi connectivity index (χ0v) is 16.0. The first-order valence-corrected chi connectivity index (χ1v) is 9.83. The molecule has 1 saturated carbocycles. The molecule has 8 nitrogen and oxygen atoms in total. The molecule has 0 radical (unpaired) electrons. The normalized spacial score (nSPS) is 22.7. The first-order valence-electron chi connectivity index (χ1n) is 9.83. The largest absolute Gasteiger partial charge is 0.345 e. The van der Waals surface area contributed by atoms with Crippen LogP contribution in [-0.2, 0) is 0 Å². The van der Waals surface area contributed by atoms with Crippen LogP contribution in [-0.4, -0.2) is 32.2 Å². The Labute approximate surface area is 166 Å². The van der Waals surface area contributed by atoms with Crippen LogP contribution in [0.25, 0.3) is 11.0 Å². The van der Waals surface area contributed by atoms with E-state index < -0.39 is 11.6 Å². The fourth-order valence-electron chi connectivity index (χ4n) is 3.89. The molecule has 2 aromatic heterocycles. The van der Waals surface area contributed by atoms with E-state index in [0.29, 0.717) is 18.2 Å². The third kappa shape index (κ3) is 3.27. The summed E-state index contributed by atoms with van der Waals surface area (Å²) in [7, 11) is 0. The summed E-state index contributed by atoms with van der Waals surface area (Å²) in [6.07, 6.45) is 5.86. The van der Waals surface area contributed by atoms with Gasteiger partial charge < -0.3 is 15.6 Å². The van der Waals surface area contributed by atoms with Gasteiger partial charge in [-0.05, 0) is 37.0 Å². The van der Waals surface area contributed by atoms with Gasteiger partial charge in [-0.1, -0.05) is 13.0 Å². The molecule has 1 aromatic carbocycles. The molecule has 1 aliphatic heterocycles. The summed E-state index contributed by atoms with van der Waals surface area (Å²) in [5, 5.41) is 13.3. The lowest BCUT2D eigenvalue weighted by molar-refractivity contribution is 0.296. The lowest BCUT2D eigenvalue weighted by Gasteiger charge is -2.38. The number of imidazole rings is 1. The highest BCUT2D eigenvalue weighted by atomic mass is 19.1. The average molecular weight is 394 g/mol. The van der Waals surface area contributed by atoms with Crippen LogP contribution < -0.4 is 16.4 Å². The van der Waals surface area contributed by atoms with E-state index in [0.717, 1.165) is 35.1 Å². The molecule has 150 valence electrons. The Hall–Kier alpha value is -3.20. The van der Waals surface area contributed by atoms with E-state index in [1.54, 1.807) is 6.33 Å². The number of fused-ring (bicyclic) bond motifs is 1. The first kappa shape index (κ1) is 17.9. The van der Waals surface area contributed by atoms with Crippen LogP contribution in [0.1, 0.15) is 49.3 Å². The number of benzene rings is 1. The predicted molar refractivity (Wildman–Crippen MR) is 110 cm³/mol. The van der Waals surface area contributed by atoms with Crippen LogP contribution in [0.4, 0.5) is 10.2 Å². The van der Waals surface area contributed by atoms with Gasteiger partial charge in [0.05, 0.1) is 23.6 Å². The molecular weight excluding hydrogens is 371 g/mol. The maximum atomic E-state index is 14.5. The van der Waals surface area contributed by atoms with E-state index in [1.807, 2.05) is 31.2 Å². The molecule has 1 unspecified atom stereocenters. The molecule has 0 spiro atoms. The highest BCUT2D eigenvalue weighted by molar-refractivity contribution is 5.79. The van der Waals surface area contributed by atoms with Crippen LogP contribution in [0, 0.1) is 0 Å². The third-order valence-corrected chi connectivity index (χ3v) is 5.61. The second-order valence-corrected chi connectivity index (χ2v) is 7.68. The number of aromatic nitrogens is 4. The Morgan fingerprint density at radius 3 is 3.00 bits per heavy atom. The Kier molecular flexibility index (Phi) is 4.13. The summed E-state index contributed by atoms with van der Waals surface area (Å²) in [5.74, 6) is -0.644. The van der Waals surface area contributed by atoms with Crippen molar-refractivity contribution in [3.05, 3.63) is 53.5 Å². The molecule has 9 heteroatoms. The molecule has 0 bridgehead atoms. The summed E-state index contributed by atoms with van der Waals surface area (Å²) < 4.78 is 14.5. The fourth-order valence-corrected chi connectivity index (χ4v) is 3.89. The Morgan fingerprint density at radius 2 is 2.21 bits per heavy atom. The maximum absolute atomic E-state index is 14.5. The topological polar surface area (TPSA) is 120 Å². The lowest BCUT2D eigenvalue weighted by atomic mass is 9.89.